The molecule has 2 nitrogen and oxygen atoms in total. The number of hydrazine groups is 1. The number of nitrogens with one attached hydrogen (secondary N) is 1. The van der Waals surface area contributed by atoms with Crippen LogP contribution in [0.3, 0.4) is 0 Å². The van der Waals surface area contributed by atoms with E-state index in [0.29, 0.717) is 10.8 Å². The number of hydrogen-bond acceptors (Lipinski definition) is 3. The molecule has 1 fully saturated rings. The number of halogens is 1. The van der Waals surface area contributed by atoms with Crippen LogP contribution in [-0.2, 0) is 0 Å². The van der Waals surface area contributed by atoms with Crippen LogP contribution in [0.25, 0.3) is 0 Å². The smallest absolute Gasteiger partial charge is 0.136 e. The van der Waals surface area contributed by atoms with Crippen molar-refractivity contribution in [3.63, 3.8) is 0 Å². The summed E-state index contributed by atoms with van der Waals surface area (Å²) in [6, 6.07) is 7.20. The topological polar surface area (TPSA) is 38.0 Å². The summed E-state index contributed by atoms with van der Waals surface area (Å²) in [6.07, 6.45) is 3.75. The number of thioether (sulfide) groups is 1. The van der Waals surface area contributed by atoms with E-state index in [0.717, 1.165) is 17.6 Å². The van der Waals surface area contributed by atoms with Gasteiger partial charge in [0.05, 0.1) is 0 Å². The third kappa shape index (κ3) is 4.21. The summed E-state index contributed by atoms with van der Waals surface area (Å²) in [5.41, 5.74) is 2.96. The Labute approximate surface area is 125 Å². The summed E-state index contributed by atoms with van der Waals surface area (Å²) in [6.45, 7) is 4.64. The Hall–Kier alpha value is -0.580. The molecule has 112 valence electrons. The van der Waals surface area contributed by atoms with Crippen molar-refractivity contribution in [1.82, 2.24) is 5.43 Å². The van der Waals surface area contributed by atoms with Gasteiger partial charge in [-0.2, -0.15) is 0 Å². The molecule has 0 saturated heterocycles. The summed E-state index contributed by atoms with van der Waals surface area (Å²) < 4.78 is 13.6. The lowest BCUT2D eigenvalue weighted by Crippen LogP contribution is -2.45. The van der Waals surface area contributed by atoms with E-state index in [1.54, 1.807) is 17.8 Å². The van der Waals surface area contributed by atoms with Crippen LogP contribution in [0.1, 0.15) is 33.1 Å². The van der Waals surface area contributed by atoms with Crippen LogP contribution >= 0.6 is 11.8 Å². The van der Waals surface area contributed by atoms with Crippen LogP contribution in [0, 0.1) is 23.6 Å². The monoisotopic (exact) mass is 296 g/mol. The maximum Gasteiger partial charge on any atom is 0.136 e. The Balaban J connectivity index is 1.93. The molecular formula is C16H25FN2S. The molecule has 1 aliphatic carbocycles. The number of benzene rings is 1. The van der Waals surface area contributed by atoms with Crippen LogP contribution in [0.15, 0.2) is 29.2 Å². The zero-order valence-electron chi connectivity index (χ0n) is 12.3. The van der Waals surface area contributed by atoms with Crippen molar-refractivity contribution in [2.45, 2.75) is 44.0 Å². The molecular weight excluding hydrogens is 271 g/mol. The zero-order chi connectivity index (χ0) is 14.5. The molecule has 1 aromatic carbocycles. The molecule has 0 bridgehead atoms. The molecule has 4 heteroatoms. The summed E-state index contributed by atoms with van der Waals surface area (Å²) in [5, 5.41) is 0. The zero-order valence-corrected chi connectivity index (χ0v) is 13.1. The predicted molar refractivity (Wildman–Crippen MR) is 83.9 cm³/mol. The van der Waals surface area contributed by atoms with Gasteiger partial charge in [0.25, 0.3) is 0 Å². The van der Waals surface area contributed by atoms with Crippen LogP contribution < -0.4 is 11.3 Å². The second-order valence-corrected chi connectivity index (χ2v) is 7.25. The van der Waals surface area contributed by atoms with Gasteiger partial charge in [-0.3, -0.25) is 11.3 Å². The third-order valence-electron chi connectivity index (χ3n) is 4.25. The maximum absolute atomic E-state index is 13.6. The molecule has 2 rings (SSSR count). The first kappa shape index (κ1) is 15.8. The Morgan fingerprint density at radius 3 is 2.50 bits per heavy atom. The summed E-state index contributed by atoms with van der Waals surface area (Å²) in [4.78, 5) is 0.713. The molecule has 1 aromatic rings. The molecule has 0 spiro atoms. The molecule has 1 saturated carbocycles. The third-order valence-corrected chi connectivity index (χ3v) is 5.42. The Bertz CT molecular complexity index is 417. The minimum atomic E-state index is -0.140. The first-order chi connectivity index (χ1) is 9.60. The van der Waals surface area contributed by atoms with Crippen molar-refractivity contribution < 1.29 is 4.39 Å². The van der Waals surface area contributed by atoms with Gasteiger partial charge in [0.2, 0.25) is 0 Å². The van der Waals surface area contributed by atoms with Gasteiger partial charge in [0, 0.05) is 16.7 Å². The fourth-order valence-electron chi connectivity index (χ4n) is 3.40. The molecule has 0 amide bonds. The number of nitrogens with two attached hydrogens (primary N) is 1. The first-order valence-corrected chi connectivity index (χ1v) is 8.42. The quantitative estimate of drug-likeness (QED) is 0.493. The maximum atomic E-state index is 13.6. The van der Waals surface area contributed by atoms with Gasteiger partial charge in [0.1, 0.15) is 5.82 Å². The van der Waals surface area contributed by atoms with E-state index >= 15 is 0 Å². The van der Waals surface area contributed by atoms with Gasteiger partial charge in [-0.15, -0.1) is 11.8 Å². The average molecular weight is 296 g/mol. The van der Waals surface area contributed by atoms with Gasteiger partial charge in [0.15, 0.2) is 0 Å². The van der Waals surface area contributed by atoms with Gasteiger partial charge in [-0.1, -0.05) is 26.0 Å². The van der Waals surface area contributed by atoms with E-state index in [-0.39, 0.29) is 11.9 Å². The Kier molecular flexibility index (Phi) is 5.87. The lowest BCUT2D eigenvalue weighted by Gasteiger charge is -2.36. The van der Waals surface area contributed by atoms with Crippen LogP contribution in [0.4, 0.5) is 4.39 Å². The number of rotatable bonds is 5. The minimum Gasteiger partial charge on any atom is -0.271 e. The first-order valence-electron chi connectivity index (χ1n) is 7.43. The van der Waals surface area contributed by atoms with Gasteiger partial charge < -0.3 is 0 Å². The van der Waals surface area contributed by atoms with Crippen molar-refractivity contribution in [3.8, 4) is 0 Å². The van der Waals surface area contributed by atoms with Gasteiger partial charge >= 0.3 is 0 Å². The largest absolute Gasteiger partial charge is 0.271 e. The second-order valence-electron chi connectivity index (χ2n) is 6.19. The highest BCUT2D eigenvalue weighted by atomic mass is 32.2. The van der Waals surface area contributed by atoms with E-state index in [9.17, 15) is 4.39 Å². The normalized spacial score (nSPS) is 28.3. The average Bonchev–Trinajstić information content (AvgIpc) is 2.40. The van der Waals surface area contributed by atoms with Crippen molar-refractivity contribution in [1.29, 1.82) is 0 Å². The lowest BCUT2D eigenvalue weighted by molar-refractivity contribution is 0.185. The van der Waals surface area contributed by atoms with Crippen molar-refractivity contribution >= 4 is 11.8 Å². The predicted octanol–water partition coefficient (Wildman–Crippen LogP) is 3.82. The molecule has 20 heavy (non-hydrogen) atoms. The summed E-state index contributed by atoms with van der Waals surface area (Å²) >= 11 is 1.56. The van der Waals surface area contributed by atoms with E-state index < -0.39 is 0 Å². The minimum absolute atomic E-state index is 0.140. The molecule has 3 atom stereocenters. The highest BCUT2D eigenvalue weighted by Gasteiger charge is 2.29. The van der Waals surface area contributed by atoms with E-state index in [1.807, 2.05) is 12.1 Å². The Morgan fingerprint density at radius 1 is 1.25 bits per heavy atom. The van der Waals surface area contributed by atoms with Crippen molar-refractivity contribution in [3.05, 3.63) is 30.1 Å². The fourth-order valence-corrected chi connectivity index (χ4v) is 4.51. The van der Waals surface area contributed by atoms with Crippen LogP contribution in [0.5, 0.6) is 0 Å². The second kappa shape index (κ2) is 7.43. The van der Waals surface area contributed by atoms with Crippen LogP contribution in [0.2, 0.25) is 0 Å². The molecule has 1 aliphatic rings. The van der Waals surface area contributed by atoms with Gasteiger partial charge in [-0.25, -0.2) is 4.39 Å². The molecule has 0 heterocycles. The Morgan fingerprint density at radius 2 is 1.90 bits per heavy atom. The molecule has 0 radical (unpaired) electrons. The number of hydrogen-bond donors (Lipinski definition) is 2. The summed E-state index contributed by atoms with van der Waals surface area (Å²) in [5.74, 6) is 8.54. The fraction of sp³-hybridized carbons (Fsp3) is 0.625. The van der Waals surface area contributed by atoms with E-state index in [4.69, 9.17) is 5.84 Å². The highest BCUT2D eigenvalue weighted by molar-refractivity contribution is 7.99. The van der Waals surface area contributed by atoms with E-state index in [1.165, 1.54) is 25.3 Å². The van der Waals surface area contributed by atoms with E-state index in [2.05, 4.69) is 19.3 Å². The molecule has 0 aromatic heterocycles. The van der Waals surface area contributed by atoms with Gasteiger partial charge in [-0.05, 0) is 49.1 Å². The van der Waals surface area contributed by atoms with Crippen LogP contribution in [-0.4, -0.2) is 11.8 Å². The summed E-state index contributed by atoms with van der Waals surface area (Å²) in [7, 11) is 0. The SMILES string of the molecule is CC1CC(C)CC(C(CSc2ccccc2F)NN)C1. The van der Waals surface area contributed by atoms with Crippen molar-refractivity contribution in [2.24, 2.45) is 23.6 Å². The lowest BCUT2D eigenvalue weighted by atomic mass is 9.74. The van der Waals surface area contributed by atoms with Crippen molar-refractivity contribution in [2.75, 3.05) is 5.75 Å². The standard InChI is InChI=1S/C16H25FN2S/c1-11-7-12(2)9-13(8-11)15(19-18)10-20-16-6-4-3-5-14(16)17/h3-6,11-13,15,19H,7-10,18H2,1-2H3. The molecule has 0 aliphatic heterocycles. The molecule has 3 unspecified atom stereocenters. The molecule has 3 N–H and O–H groups in total. The highest BCUT2D eigenvalue weighted by Crippen LogP contribution is 2.36.